The molecule has 16 heavy (non-hydrogen) atoms. The van der Waals surface area contributed by atoms with Crippen molar-refractivity contribution in [2.45, 2.75) is 11.8 Å². The minimum atomic E-state index is -3.24. The molecule has 1 heterocycles. The highest BCUT2D eigenvalue weighted by Crippen LogP contribution is 2.33. The van der Waals surface area contributed by atoms with Crippen molar-refractivity contribution in [2.24, 2.45) is 0 Å². The smallest absolute Gasteiger partial charge is 0.204 e. The zero-order chi connectivity index (χ0) is 11.9. The number of likely N-dealkylation sites (N-methyl/N-ethyl adjacent to an activating group) is 1. The van der Waals surface area contributed by atoms with Crippen LogP contribution in [0.5, 0.6) is 0 Å². The van der Waals surface area contributed by atoms with Crippen LogP contribution in [0.25, 0.3) is 6.08 Å². The summed E-state index contributed by atoms with van der Waals surface area (Å²) in [4.78, 5) is 2.80. The van der Waals surface area contributed by atoms with E-state index >= 15 is 0 Å². The monoisotopic (exact) mass is 237 g/mol. The van der Waals surface area contributed by atoms with E-state index in [2.05, 4.69) is 0 Å². The van der Waals surface area contributed by atoms with Gasteiger partial charge in [0, 0.05) is 6.54 Å². The van der Waals surface area contributed by atoms with Crippen molar-refractivity contribution in [1.29, 1.82) is 0 Å². The summed E-state index contributed by atoms with van der Waals surface area (Å²) in [6, 6.07) is 5.54. The molecular weight excluding hydrogens is 222 g/mol. The van der Waals surface area contributed by atoms with Gasteiger partial charge in [-0.3, -0.25) is 0 Å². The SMILES string of the molecule is Cc1ccc2c(c1)S(=O)(=O)C(CN(C)C)=C2. The molecule has 0 amide bonds. The number of hydrogen-bond acceptors (Lipinski definition) is 3. The first kappa shape index (κ1) is 11.4. The third-order valence-corrected chi connectivity index (χ3v) is 4.46. The Bertz CT molecular complexity index is 556. The zero-order valence-corrected chi connectivity index (χ0v) is 10.5. The second kappa shape index (κ2) is 3.71. The van der Waals surface area contributed by atoms with Gasteiger partial charge in [0.25, 0.3) is 0 Å². The molecule has 4 heteroatoms. The Balaban J connectivity index is 2.52. The molecule has 3 nitrogen and oxygen atoms in total. The van der Waals surface area contributed by atoms with Gasteiger partial charge in [-0.05, 0) is 44.3 Å². The van der Waals surface area contributed by atoms with E-state index in [0.717, 1.165) is 11.1 Å². The summed E-state index contributed by atoms with van der Waals surface area (Å²) in [5.41, 5.74) is 1.78. The van der Waals surface area contributed by atoms with Gasteiger partial charge in [0.2, 0.25) is 9.84 Å². The van der Waals surface area contributed by atoms with E-state index in [1.807, 2.05) is 38.1 Å². The Hall–Kier alpha value is -1.13. The molecular formula is C12H15NO2S. The Labute approximate surface area is 96.3 Å². The van der Waals surface area contributed by atoms with Gasteiger partial charge < -0.3 is 4.90 Å². The van der Waals surface area contributed by atoms with Crippen LogP contribution >= 0.6 is 0 Å². The predicted molar refractivity (Wildman–Crippen MR) is 64.9 cm³/mol. The van der Waals surface area contributed by atoms with Gasteiger partial charge in [0.15, 0.2) is 0 Å². The van der Waals surface area contributed by atoms with Gasteiger partial charge in [0.05, 0.1) is 9.80 Å². The third-order valence-electron chi connectivity index (χ3n) is 2.59. The fourth-order valence-electron chi connectivity index (χ4n) is 1.83. The molecule has 0 N–H and O–H groups in total. The largest absolute Gasteiger partial charge is 0.304 e. The van der Waals surface area contributed by atoms with Crippen molar-refractivity contribution in [3.63, 3.8) is 0 Å². The highest BCUT2D eigenvalue weighted by Gasteiger charge is 2.29. The lowest BCUT2D eigenvalue weighted by molar-refractivity contribution is 0.451. The summed E-state index contributed by atoms with van der Waals surface area (Å²) in [7, 11) is 0.487. The first-order chi connectivity index (χ1) is 7.41. The van der Waals surface area contributed by atoms with Crippen LogP contribution in [0.4, 0.5) is 0 Å². The van der Waals surface area contributed by atoms with Crippen LogP contribution in [0.3, 0.4) is 0 Å². The number of sulfone groups is 1. The molecule has 0 saturated carbocycles. The predicted octanol–water partition coefficient (Wildman–Crippen LogP) is 1.68. The van der Waals surface area contributed by atoms with E-state index in [1.54, 1.807) is 12.1 Å². The molecule has 0 atom stereocenters. The first-order valence-electron chi connectivity index (χ1n) is 5.12. The Morgan fingerprint density at radius 2 is 1.94 bits per heavy atom. The van der Waals surface area contributed by atoms with Crippen molar-refractivity contribution in [2.75, 3.05) is 20.6 Å². The van der Waals surface area contributed by atoms with E-state index < -0.39 is 9.84 Å². The second-order valence-electron chi connectivity index (χ2n) is 4.39. The standard InChI is InChI=1S/C12H15NO2S/c1-9-4-5-10-7-11(8-13(2)3)16(14,15)12(10)6-9/h4-7H,8H2,1-3H3. The van der Waals surface area contributed by atoms with Crippen LogP contribution in [0.2, 0.25) is 0 Å². The molecule has 86 valence electrons. The molecule has 0 fully saturated rings. The number of fused-ring (bicyclic) bond motifs is 1. The second-order valence-corrected chi connectivity index (χ2v) is 6.36. The lowest BCUT2D eigenvalue weighted by Gasteiger charge is -2.10. The van der Waals surface area contributed by atoms with Gasteiger partial charge >= 0.3 is 0 Å². The quantitative estimate of drug-likeness (QED) is 0.785. The zero-order valence-electron chi connectivity index (χ0n) is 9.69. The lowest BCUT2D eigenvalue weighted by Crippen LogP contribution is -2.18. The summed E-state index contributed by atoms with van der Waals surface area (Å²) >= 11 is 0. The summed E-state index contributed by atoms with van der Waals surface area (Å²) in [6.45, 7) is 2.36. The Kier molecular flexibility index (Phi) is 2.64. The first-order valence-corrected chi connectivity index (χ1v) is 6.60. The maximum Gasteiger partial charge on any atom is 0.204 e. The van der Waals surface area contributed by atoms with E-state index in [0.29, 0.717) is 16.3 Å². The number of hydrogen-bond donors (Lipinski definition) is 0. The molecule has 1 aromatic carbocycles. The molecule has 0 saturated heterocycles. The lowest BCUT2D eigenvalue weighted by atomic mass is 10.1. The molecule has 1 aliphatic heterocycles. The third kappa shape index (κ3) is 1.79. The summed E-state index contributed by atoms with van der Waals surface area (Å²) in [5.74, 6) is 0. The minimum Gasteiger partial charge on any atom is -0.304 e. The molecule has 0 aliphatic carbocycles. The van der Waals surface area contributed by atoms with Gasteiger partial charge in [-0.2, -0.15) is 0 Å². The summed E-state index contributed by atoms with van der Waals surface area (Å²) in [6.07, 6.45) is 1.77. The van der Waals surface area contributed by atoms with Crippen molar-refractivity contribution in [3.8, 4) is 0 Å². The molecule has 0 unspecified atom stereocenters. The normalized spacial score (nSPS) is 17.4. The average molecular weight is 237 g/mol. The highest BCUT2D eigenvalue weighted by molar-refractivity contribution is 7.95. The van der Waals surface area contributed by atoms with E-state index in [9.17, 15) is 8.42 Å². The maximum absolute atomic E-state index is 12.2. The highest BCUT2D eigenvalue weighted by atomic mass is 32.2. The number of rotatable bonds is 2. The van der Waals surface area contributed by atoms with E-state index in [4.69, 9.17) is 0 Å². The van der Waals surface area contributed by atoms with Crippen LogP contribution in [0.15, 0.2) is 28.0 Å². The molecule has 0 spiro atoms. The molecule has 1 aliphatic rings. The van der Waals surface area contributed by atoms with E-state index in [-0.39, 0.29) is 0 Å². The van der Waals surface area contributed by atoms with Crippen molar-refractivity contribution in [3.05, 3.63) is 34.2 Å². The van der Waals surface area contributed by atoms with Crippen molar-refractivity contribution < 1.29 is 8.42 Å². The van der Waals surface area contributed by atoms with Crippen LogP contribution < -0.4 is 0 Å². The topological polar surface area (TPSA) is 37.4 Å². The molecule has 0 radical (unpaired) electrons. The maximum atomic E-state index is 12.2. The number of aryl methyl sites for hydroxylation is 1. The van der Waals surface area contributed by atoms with Gasteiger partial charge in [-0.15, -0.1) is 0 Å². The van der Waals surface area contributed by atoms with Gasteiger partial charge in [-0.1, -0.05) is 12.1 Å². The van der Waals surface area contributed by atoms with Crippen LogP contribution in [-0.2, 0) is 9.84 Å². The number of benzene rings is 1. The fraction of sp³-hybridized carbons (Fsp3) is 0.333. The molecule has 1 aromatic rings. The fourth-order valence-corrected chi connectivity index (χ4v) is 3.60. The van der Waals surface area contributed by atoms with Crippen LogP contribution in [0, 0.1) is 6.92 Å². The van der Waals surface area contributed by atoms with E-state index in [1.165, 1.54) is 0 Å². The van der Waals surface area contributed by atoms with Crippen LogP contribution in [-0.4, -0.2) is 34.0 Å². The van der Waals surface area contributed by atoms with Gasteiger partial charge in [0.1, 0.15) is 0 Å². The van der Waals surface area contributed by atoms with Crippen LogP contribution in [0.1, 0.15) is 11.1 Å². The summed E-state index contributed by atoms with van der Waals surface area (Å²) < 4.78 is 24.4. The summed E-state index contributed by atoms with van der Waals surface area (Å²) in [5, 5.41) is 0. The Morgan fingerprint density at radius 3 is 2.56 bits per heavy atom. The molecule has 0 aromatic heterocycles. The minimum absolute atomic E-state index is 0.448. The molecule has 2 rings (SSSR count). The Morgan fingerprint density at radius 1 is 1.25 bits per heavy atom. The molecule has 0 bridgehead atoms. The average Bonchev–Trinajstić information content (AvgIpc) is 2.40. The van der Waals surface area contributed by atoms with Crippen molar-refractivity contribution in [1.82, 2.24) is 4.90 Å². The number of nitrogens with zero attached hydrogens (tertiary/aromatic N) is 1. The van der Waals surface area contributed by atoms with Crippen molar-refractivity contribution >= 4 is 15.9 Å². The van der Waals surface area contributed by atoms with Gasteiger partial charge in [-0.25, -0.2) is 8.42 Å².